The van der Waals surface area contributed by atoms with Gasteiger partial charge in [0.1, 0.15) is 23.0 Å². The first-order valence-electron chi connectivity index (χ1n) is 11.3. The molecule has 1 heterocycles. The normalized spacial score (nSPS) is 15.4. The molecule has 0 aromatic heterocycles. The van der Waals surface area contributed by atoms with Crippen molar-refractivity contribution in [1.82, 2.24) is 0 Å². The lowest BCUT2D eigenvalue weighted by atomic mass is 10.1. The van der Waals surface area contributed by atoms with Crippen molar-refractivity contribution in [2.45, 2.75) is 33.8 Å². The molecule has 0 fully saturated rings. The number of rotatable bonds is 9. The molecule has 0 unspecified atom stereocenters. The van der Waals surface area contributed by atoms with E-state index in [4.69, 9.17) is 37.4 Å². The minimum absolute atomic E-state index is 0.0953. The van der Waals surface area contributed by atoms with Gasteiger partial charge in [-0.15, -0.1) is 0 Å². The molecular formula is C26H24BrCl2NO6S. The van der Waals surface area contributed by atoms with Crippen LogP contribution in [0.15, 0.2) is 56.0 Å². The molecule has 1 aliphatic rings. The van der Waals surface area contributed by atoms with Crippen molar-refractivity contribution in [1.29, 1.82) is 0 Å². The lowest BCUT2D eigenvalue weighted by Crippen LogP contribution is -2.14. The van der Waals surface area contributed by atoms with Gasteiger partial charge in [0.05, 0.1) is 22.6 Å². The van der Waals surface area contributed by atoms with Crippen LogP contribution < -0.4 is 9.47 Å². The molecule has 37 heavy (non-hydrogen) atoms. The van der Waals surface area contributed by atoms with E-state index >= 15 is 0 Å². The largest absolute Gasteiger partial charge is 0.506 e. The molecule has 11 heteroatoms. The second kappa shape index (κ2) is 13.4. The van der Waals surface area contributed by atoms with E-state index in [9.17, 15) is 14.7 Å². The number of nitrogens with zero attached hydrogens (tertiary/aromatic N) is 1. The van der Waals surface area contributed by atoms with Crippen molar-refractivity contribution in [2.24, 2.45) is 4.99 Å². The fourth-order valence-corrected chi connectivity index (χ4v) is 5.27. The molecular weight excluding hydrogens is 605 g/mol. The number of esters is 1. The molecule has 1 amide bonds. The first-order chi connectivity index (χ1) is 17.7. The molecule has 7 nitrogen and oxygen atoms in total. The molecule has 0 saturated heterocycles. The van der Waals surface area contributed by atoms with Crippen molar-refractivity contribution in [3.05, 3.63) is 72.2 Å². The van der Waals surface area contributed by atoms with Crippen molar-refractivity contribution in [3.63, 3.8) is 0 Å². The number of ether oxygens (including phenoxy) is 3. The van der Waals surface area contributed by atoms with Crippen LogP contribution in [-0.4, -0.2) is 35.2 Å². The third-order valence-corrected chi connectivity index (χ3v) is 7.11. The second-order valence-electron chi connectivity index (χ2n) is 7.51. The quantitative estimate of drug-likeness (QED) is 0.287. The van der Waals surface area contributed by atoms with Crippen LogP contribution in [0.5, 0.6) is 11.5 Å². The number of aliphatic hydroxyl groups excluding tert-OH is 1. The number of amides is 1. The predicted molar refractivity (Wildman–Crippen MR) is 151 cm³/mol. The van der Waals surface area contributed by atoms with Crippen LogP contribution >= 0.6 is 50.9 Å². The summed E-state index contributed by atoms with van der Waals surface area (Å²) in [5.74, 6) is -0.544. The van der Waals surface area contributed by atoms with E-state index in [1.54, 1.807) is 50.3 Å². The lowest BCUT2D eigenvalue weighted by Gasteiger charge is -2.15. The summed E-state index contributed by atoms with van der Waals surface area (Å²) in [6, 6.07) is 8.68. The second-order valence-corrected chi connectivity index (χ2v) is 10.2. The van der Waals surface area contributed by atoms with Gasteiger partial charge in [0.25, 0.3) is 0 Å². The fourth-order valence-electron chi connectivity index (χ4n) is 3.20. The zero-order valence-electron chi connectivity index (χ0n) is 20.3. The topological polar surface area (TPSA) is 94.4 Å². The highest BCUT2D eigenvalue weighted by Gasteiger charge is 2.33. The van der Waals surface area contributed by atoms with Gasteiger partial charge >= 0.3 is 5.97 Å². The molecule has 2 aromatic carbocycles. The van der Waals surface area contributed by atoms with Crippen LogP contribution in [0.2, 0.25) is 10.0 Å². The van der Waals surface area contributed by atoms with Crippen molar-refractivity contribution < 1.29 is 28.9 Å². The Hall–Kier alpha value is -2.46. The van der Waals surface area contributed by atoms with Crippen LogP contribution in [0.4, 0.5) is 0 Å². The Morgan fingerprint density at radius 1 is 1.11 bits per heavy atom. The highest BCUT2D eigenvalue weighted by Crippen LogP contribution is 2.42. The maximum atomic E-state index is 12.5. The van der Waals surface area contributed by atoms with Crippen LogP contribution in [0.3, 0.4) is 0 Å². The third kappa shape index (κ3) is 7.31. The summed E-state index contributed by atoms with van der Waals surface area (Å²) in [7, 11) is 0. The molecule has 0 spiro atoms. The number of halogens is 3. The SMILES string of the molecule is CCOC(=O)C1=C(O)/C(=C/c2cc(Br)c(OCc3ccc(Cl)cc3Cl)c(OCC)c2)SC1=NC(=O)CC. The molecule has 2 aromatic rings. The molecule has 196 valence electrons. The Morgan fingerprint density at radius 2 is 1.86 bits per heavy atom. The number of carbonyl (C=O) groups excluding carboxylic acids is 2. The molecule has 0 aliphatic carbocycles. The Morgan fingerprint density at radius 3 is 2.51 bits per heavy atom. The van der Waals surface area contributed by atoms with Gasteiger partial charge in [-0.2, -0.15) is 0 Å². The Bertz CT molecular complexity index is 1310. The minimum Gasteiger partial charge on any atom is -0.506 e. The highest BCUT2D eigenvalue weighted by molar-refractivity contribution is 9.10. The van der Waals surface area contributed by atoms with E-state index < -0.39 is 11.9 Å². The van der Waals surface area contributed by atoms with E-state index in [1.807, 2.05) is 6.92 Å². The number of carbonyl (C=O) groups is 2. The number of thioether (sulfide) groups is 1. The molecule has 0 radical (unpaired) electrons. The molecule has 1 aliphatic heterocycles. The Kier molecular flexibility index (Phi) is 10.5. The zero-order chi connectivity index (χ0) is 27.1. The first kappa shape index (κ1) is 29.1. The Labute approximate surface area is 237 Å². The zero-order valence-corrected chi connectivity index (χ0v) is 24.2. The average molecular weight is 629 g/mol. The van der Waals surface area contributed by atoms with E-state index in [0.29, 0.717) is 43.1 Å². The molecule has 3 rings (SSSR count). The van der Waals surface area contributed by atoms with Gasteiger partial charge in [0, 0.05) is 22.0 Å². The third-order valence-electron chi connectivity index (χ3n) is 4.92. The van der Waals surface area contributed by atoms with Crippen LogP contribution in [-0.2, 0) is 20.9 Å². The molecule has 0 atom stereocenters. The van der Waals surface area contributed by atoms with Crippen molar-refractivity contribution in [2.75, 3.05) is 13.2 Å². The van der Waals surface area contributed by atoms with E-state index in [1.165, 1.54) is 0 Å². The molecule has 1 N–H and O–H groups in total. The van der Waals surface area contributed by atoms with Crippen molar-refractivity contribution >= 4 is 73.9 Å². The minimum atomic E-state index is -0.751. The fraction of sp³-hybridized carbons (Fsp3) is 0.269. The number of aliphatic hydroxyl groups is 1. The number of hydrogen-bond donors (Lipinski definition) is 1. The highest BCUT2D eigenvalue weighted by atomic mass is 79.9. The van der Waals surface area contributed by atoms with E-state index in [2.05, 4.69) is 20.9 Å². The summed E-state index contributed by atoms with van der Waals surface area (Å²) in [6.07, 6.45) is 1.82. The van der Waals surface area contributed by atoms with Gasteiger partial charge in [-0.05, 0) is 65.7 Å². The summed E-state index contributed by atoms with van der Waals surface area (Å²) in [5, 5.41) is 11.9. The van der Waals surface area contributed by atoms with E-state index in [-0.39, 0.29) is 36.0 Å². The van der Waals surface area contributed by atoms with Gasteiger partial charge < -0.3 is 19.3 Å². The standard InChI is InChI=1S/C26H24BrCl2NO6S/c1-4-21(31)30-25-22(26(33)35-6-3)23(32)20(37-25)11-14-9-17(27)24(19(10-14)34-5-2)36-13-15-7-8-16(28)12-18(15)29/h7-12,32H,4-6,13H2,1-3H3/b20-11-,30-25?. The maximum absolute atomic E-state index is 12.5. The maximum Gasteiger partial charge on any atom is 0.344 e. The first-order valence-corrected chi connectivity index (χ1v) is 13.7. The van der Waals surface area contributed by atoms with Crippen LogP contribution in [0.1, 0.15) is 38.3 Å². The van der Waals surface area contributed by atoms with E-state index in [0.717, 1.165) is 17.3 Å². The lowest BCUT2D eigenvalue weighted by molar-refractivity contribution is -0.138. The summed E-state index contributed by atoms with van der Waals surface area (Å²) >= 11 is 16.8. The van der Waals surface area contributed by atoms with Crippen LogP contribution in [0, 0.1) is 0 Å². The number of aliphatic imine (C=N–C) groups is 1. The van der Waals surface area contributed by atoms with Gasteiger partial charge in [0.2, 0.25) is 5.91 Å². The smallest absolute Gasteiger partial charge is 0.344 e. The van der Waals surface area contributed by atoms with Crippen molar-refractivity contribution in [3.8, 4) is 11.5 Å². The molecule has 0 bridgehead atoms. The summed E-state index contributed by atoms with van der Waals surface area (Å²) in [5.41, 5.74) is 1.26. The van der Waals surface area contributed by atoms with Gasteiger partial charge in [-0.25, -0.2) is 9.79 Å². The average Bonchev–Trinajstić information content (AvgIpc) is 3.14. The summed E-state index contributed by atoms with van der Waals surface area (Å²) in [6.45, 7) is 5.84. The van der Waals surface area contributed by atoms with Gasteiger partial charge in [-0.3, -0.25) is 4.79 Å². The van der Waals surface area contributed by atoms with Gasteiger partial charge in [-0.1, -0.05) is 48.0 Å². The summed E-state index contributed by atoms with van der Waals surface area (Å²) in [4.78, 5) is 28.7. The van der Waals surface area contributed by atoms with Crippen LogP contribution in [0.25, 0.3) is 6.08 Å². The number of hydrogen-bond acceptors (Lipinski definition) is 7. The monoisotopic (exact) mass is 627 g/mol. The molecule has 0 saturated carbocycles. The van der Waals surface area contributed by atoms with Gasteiger partial charge in [0.15, 0.2) is 11.5 Å². The number of benzene rings is 2. The predicted octanol–water partition coefficient (Wildman–Crippen LogP) is 7.53. The Balaban J connectivity index is 1.97. The summed E-state index contributed by atoms with van der Waals surface area (Å²) < 4.78 is 17.5.